The van der Waals surface area contributed by atoms with Crippen molar-refractivity contribution in [1.29, 1.82) is 0 Å². The normalized spacial score (nSPS) is 42.7. The second-order valence-corrected chi connectivity index (χ2v) is 7.35. The van der Waals surface area contributed by atoms with E-state index in [0.29, 0.717) is 0 Å². The van der Waals surface area contributed by atoms with Crippen LogP contribution in [0.1, 0.15) is 89.9 Å². The largest absolute Gasteiger partial charge is 0.0533 e. The summed E-state index contributed by atoms with van der Waals surface area (Å²) < 4.78 is 0. The first kappa shape index (κ1) is 13.0. The molecular weight excluding hydrogens is 216 g/mol. The zero-order valence-corrected chi connectivity index (χ0v) is 12.2. The molecule has 0 aromatic rings. The highest BCUT2D eigenvalue weighted by Crippen LogP contribution is 2.61. The van der Waals surface area contributed by atoms with Gasteiger partial charge in [0.25, 0.3) is 0 Å². The highest BCUT2D eigenvalue weighted by molar-refractivity contribution is 5.02. The van der Waals surface area contributed by atoms with Gasteiger partial charge in [-0.15, -0.1) is 0 Å². The molecule has 0 amide bonds. The third-order valence-corrected chi connectivity index (χ3v) is 6.36. The van der Waals surface area contributed by atoms with Gasteiger partial charge >= 0.3 is 0 Å². The Morgan fingerprint density at radius 3 is 0.889 bits per heavy atom. The van der Waals surface area contributed by atoms with Gasteiger partial charge in [0.2, 0.25) is 0 Å². The Morgan fingerprint density at radius 1 is 0.278 bits per heavy atom. The van der Waals surface area contributed by atoms with Crippen LogP contribution >= 0.6 is 0 Å². The maximum atomic E-state index is 1.59. The lowest BCUT2D eigenvalue weighted by molar-refractivity contribution is -0.111. The summed E-state index contributed by atoms with van der Waals surface area (Å²) in [6, 6.07) is 0. The number of hydrogen-bond donors (Lipinski definition) is 0. The van der Waals surface area contributed by atoms with E-state index in [9.17, 15) is 0 Å². The van der Waals surface area contributed by atoms with Gasteiger partial charge in [0, 0.05) is 0 Å². The maximum Gasteiger partial charge on any atom is -0.0352 e. The first-order valence-corrected chi connectivity index (χ1v) is 8.97. The molecule has 0 heteroatoms. The van der Waals surface area contributed by atoms with Gasteiger partial charge in [0.15, 0.2) is 0 Å². The molecular formula is C18H32. The molecule has 0 aromatic carbocycles. The summed E-state index contributed by atoms with van der Waals surface area (Å²) in [5, 5.41) is 0. The van der Waals surface area contributed by atoms with Gasteiger partial charge in [0.05, 0.1) is 0 Å². The highest BCUT2D eigenvalue weighted by atomic mass is 14.6. The standard InChI is InChI=1S/C18H32/c1-2-4-6-8-10-12-16-15(11-9-7-5-3-1)17-13-14-18(16)17/h15-18H,1-14H2. The first-order valence-electron chi connectivity index (χ1n) is 8.97. The second-order valence-electron chi connectivity index (χ2n) is 7.35. The minimum absolute atomic E-state index is 1.17. The van der Waals surface area contributed by atoms with Crippen LogP contribution in [-0.2, 0) is 0 Å². The molecule has 4 unspecified atom stereocenters. The van der Waals surface area contributed by atoms with Crippen LogP contribution in [0, 0.1) is 23.7 Å². The number of hydrogen-bond acceptors (Lipinski definition) is 0. The zero-order valence-electron chi connectivity index (χ0n) is 12.2. The SMILES string of the molecule is C1CCCCCCC2C(CCCCC1)C1CCC21. The van der Waals surface area contributed by atoms with E-state index in [1.54, 1.807) is 38.5 Å². The van der Waals surface area contributed by atoms with Gasteiger partial charge in [0.1, 0.15) is 0 Å². The van der Waals surface area contributed by atoms with Crippen LogP contribution in [0.15, 0.2) is 0 Å². The fraction of sp³-hybridized carbons (Fsp3) is 1.00. The van der Waals surface area contributed by atoms with Gasteiger partial charge in [-0.25, -0.2) is 0 Å². The van der Waals surface area contributed by atoms with Crippen molar-refractivity contribution >= 4 is 0 Å². The van der Waals surface area contributed by atoms with Crippen LogP contribution in [0.5, 0.6) is 0 Å². The third kappa shape index (κ3) is 2.78. The Balaban J connectivity index is 1.46. The first-order chi connectivity index (χ1) is 8.97. The lowest BCUT2D eigenvalue weighted by Crippen LogP contribution is -2.53. The maximum absolute atomic E-state index is 1.59. The summed E-state index contributed by atoms with van der Waals surface area (Å²) in [6.07, 6.45) is 21.6. The van der Waals surface area contributed by atoms with E-state index in [4.69, 9.17) is 0 Å². The fourth-order valence-corrected chi connectivity index (χ4v) is 5.13. The van der Waals surface area contributed by atoms with E-state index in [-0.39, 0.29) is 0 Å². The summed E-state index contributed by atoms with van der Waals surface area (Å²) in [5.74, 6) is 4.74. The molecule has 3 rings (SSSR count). The van der Waals surface area contributed by atoms with E-state index in [1.165, 1.54) is 75.0 Å². The molecule has 0 saturated heterocycles. The van der Waals surface area contributed by atoms with E-state index in [2.05, 4.69) is 0 Å². The van der Waals surface area contributed by atoms with E-state index in [0.717, 1.165) is 0 Å². The van der Waals surface area contributed by atoms with Gasteiger partial charge in [-0.2, -0.15) is 0 Å². The van der Waals surface area contributed by atoms with Crippen LogP contribution in [0.2, 0.25) is 0 Å². The molecule has 0 spiro atoms. The summed E-state index contributed by atoms with van der Waals surface area (Å²) in [6.45, 7) is 0. The molecule has 0 aromatic heterocycles. The van der Waals surface area contributed by atoms with Crippen molar-refractivity contribution in [2.45, 2.75) is 89.9 Å². The van der Waals surface area contributed by atoms with Crippen molar-refractivity contribution in [3.8, 4) is 0 Å². The number of rotatable bonds is 0. The summed E-state index contributed by atoms with van der Waals surface area (Å²) in [4.78, 5) is 0. The molecule has 0 nitrogen and oxygen atoms in total. The molecule has 0 aliphatic heterocycles. The Morgan fingerprint density at radius 2 is 0.556 bits per heavy atom. The van der Waals surface area contributed by atoms with Crippen LogP contribution in [0.25, 0.3) is 0 Å². The van der Waals surface area contributed by atoms with Crippen molar-refractivity contribution in [2.75, 3.05) is 0 Å². The Hall–Kier alpha value is 0. The van der Waals surface area contributed by atoms with Crippen LogP contribution in [0.3, 0.4) is 0 Å². The summed E-state index contributed by atoms with van der Waals surface area (Å²) in [7, 11) is 0. The average molecular weight is 248 g/mol. The third-order valence-electron chi connectivity index (χ3n) is 6.36. The Kier molecular flexibility index (Phi) is 4.65. The lowest BCUT2D eigenvalue weighted by Gasteiger charge is -2.60. The van der Waals surface area contributed by atoms with E-state index < -0.39 is 0 Å². The predicted molar refractivity (Wildman–Crippen MR) is 78.6 cm³/mol. The summed E-state index contributed by atoms with van der Waals surface area (Å²) in [5.41, 5.74) is 0. The smallest absolute Gasteiger partial charge is 0.0352 e. The molecule has 4 atom stereocenters. The zero-order chi connectivity index (χ0) is 12.2. The monoisotopic (exact) mass is 248 g/mol. The molecule has 0 radical (unpaired) electrons. The van der Waals surface area contributed by atoms with Gasteiger partial charge in [-0.05, 0) is 49.4 Å². The lowest BCUT2D eigenvalue weighted by atomic mass is 9.45. The van der Waals surface area contributed by atoms with Crippen molar-refractivity contribution in [3.63, 3.8) is 0 Å². The Labute approximate surface area is 114 Å². The minimum atomic E-state index is 1.17. The second kappa shape index (κ2) is 6.44. The van der Waals surface area contributed by atoms with Gasteiger partial charge < -0.3 is 0 Å². The van der Waals surface area contributed by atoms with E-state index >= 15 is 0 Å². The van der Waals surface area contributed by atoms with Gasteiger partial charge in [-0.3, -0.25) is 0 Å². The number of fused-ring (bicyclic) bond motifs is 4. The molecule has 3 aliphatic carbocycles. The molecule has 3 saturated carbocycles. The van der Waals surface area contributed by atoms with E-state index in [1.807, 2.05) is 0 Å². The molecule has 0 bridgehead atoms. The average Bonchev–Trinajstić information content (AvgIpc) is 2.35. The summed E-state index contributed by atoms with van der Waals surface area (Å²) >= 11 is 0. The van der Waals surface area contributed by atoms with Crippen LogP contribution < -0.4 is 0 Å². The molecule has 0 heterocycles. The van der Waals surface area contributed by atoms with Gasteiger partial charge in [-0.1, -0.05) is 64.2 Å². The van der Waals surface area contributed by atoms with Crippen molar-refractivity contribution in [1.82, 2.24) is 0 Å². The quantitative estimate of drug-likeness (QED) is 0.496. The van der Waals surface area contributed by atoms with Crippen LogP contribution in [-0.4, -0.2) is 0 Å². The van der Waals surface area contributed by atoms with Crippen molar-refractivity contribution in [2.24, 2.45) is 23.7 Å². The Bertz CT molecular complexity index is 218. The van der Waals surface area contributed by atoms with Crippen LogP contribution in [0.4, 0.5) is 0 Å². The van der Waals surface area contributed by atoms with Crippen molar-refractivity contribution < 1.29 is 0 Å². The van der Waals surface area contributed by atoms with Crippen molar-refractivity contribution in [3.05, 3.63) is 0 Å². The highest BCUT2D eigenvalue weighted by Gasteiger charge is 2.53. The molecule has 104 valence electrons. The fourth-order valence-electron chi connectivity index (χ4n) is 5.13. The molecule has 0 N–H and O–H groups in total. The molecule has 3 aliphatic rings. The topological polar surface area (TPSA) is 0 Å². The molecule has 18 heavy (non-hydrogen) atoms. The minimum Gasteiger partial charge on any atom is -0.0533 e. The predicted octanol–water partition coefficient (Wildman–Crippen LogP) is 5.95. The molecule has 3 fully saturated rings.